The van der Waals surface area contributed by atoms with Crippen LogP contribution in [0.2, 0.25) is 4.34 Å². The molecule has 0 saturated heterocycles. The van der Waals surface area contributed by atoms with Gasteiger partial charge in [0.1, 0.15) is 6.10 Å². The highest BCUT2D eigenvalue weighted by atomic mass is 35.5. The fraction of sp³-hybridized carbons (Fsp3) is 0.286. The van der Waals surface area contributed by atoms with Crippen LogP contribution in [0, 0.1) is 0 Å². The van der Waals surface area contributed by atoms with Gasteiger partial charge < -0.3 is 5.11 Å². The number of halogens is 1. The van der Waals surface area contributed by atoms with Crippen LogP contribution in [0.25, 0.3) is 0 Å². The standard InChI is InChI=1S/C14H13ClOS/c15-13-8-7-12(17-13)14(16)11-5-3-10(4-6-11)9-1-2-9/h3-9,14,16H,1-2H2. The summed E-state index contributed by atoms with van der Waals surface area (Å²) in [5.74, 6) is 0.761. The zero-order valence-electron chi connectivity index (χ0n) is 9.27. The predicted octanol–water partition coefficient (Wildman–Crippen LogP) is 4.36. The summed E-state index contributed by atoms with van der Waals surface area (Å²) in [7, 11) is 0. The van der Waals surface area contributed by atoms with Crippen molar-refractivity contribution in [2.45, 2.75) is 24.9 Å². The molecule has 1 N–H and O–H groups in total. The van der Waals surface area contributed by atoms with Crippen molar-refractivity contribution in [2.75, 3.05) is 0 Å². The molecule has 0 bridgehead atoms. The minimum Gasteiger partial charge on any atom is -0.383 e. The molecule has 3 rings (SSSR count). The lowest BCUT2D eigenvalue weighted by Gasteiger charge is -2.09. The van der Waals surface area contributed by atoms with Gasteiger partial charge in [-0.15, -0.1) is 11.3 Å². The molecule has 2 aromatic rings. The Morgan fingerprint density at radius 3 is 2.35 bits per heavy atom. The Labute approximate surface area is 110 Å². The van der Waals surface area contributed by atoms with Crippen LogP contribution in [-0.4, -0.2) is 5.11 Å². The SMILES string of the molecule is OC(c1ccc(C2CC2)cc1)c1ccc(Cl)s1. The van der Waals surface area contributed by atoms with Crippen LogP contribution in [0.4, 0.5) is 0 Å². The minimum absolute atomic E-state index is 0.555. The minimum atomic E-state index is -0.555. The van der Waals surface area contributed by atoms with Crippen LogP contribution in [0.3, 0.4) is 0 Å². The van der Waals surface area contributed by atoms with Gasteiger partial charge in [0.2, 0.25) is 0 Å². The molecule has 1 aromatic carbocycles. The molecule has 0 aliphatic heterocycles. The molecule has 88 valence electrons. The van der Waals surface area contributed by atoms with E-state index < -0.39 is 6.10 Å². The third-order valence-corrected chi connectivity index (χ3v) is 4.45. The summed E-state index contributed by atoms with van der Waals surface area (Å²) in [6.07, 6.45) is 2.06. The molecule has 1 aliphatic carbocycles. The molecule has 0 spiro atoms. The molecule has 1 nitrogen and oxygen atoms in total. The van der Waals surface area contributed by atoms with Crippen molar-refractivity contribution in [1.82, 2.24) is 0 Å². The highest BCUT2D eigenvalue weighted by molar-refractivity contribution is 7.16. The highest BCUT2D eigenvalue weighted by Crippen LogP contribution is 2.40. The van der Waals surface area contributed by atoms with E-state index in [4.69, 9.17) is 11.6 Å². The normalized spacial score (nSPS) is 17.1. The maximum atomic E-state index is 10.2. The number of aliphatic hydroxyl groups is 1. The van der Waals surface area contributed by atoms with Crippen LogP contribution in [0.15, 0.2) is 36.4 Å². The summed E-state index contributed by atoms with van der Waals surface area (Å²) in [5, 5.41) is 10.2. The number of thiophene rings is 1. The summed E-state index contributed by atoms with van der Waals surface area (Å²) in [5.41, 5.74) is 2.33. The summed E-state index contributed by atoms with van der Waals surface area (Å²) >= 11 is 7.30. The largest absolute Gasteiger partial charge is 0.383 e. The summed E-state index contributed by atoms with van der Waals surface area (Å²) in [6.45, 7) is 0. The Bertz CT molecular complexity index is 513. The molecule has 1 aromatic heterocycles. The van der Waals surface area contributed by atoms with Gasteiger partial charge in [-0.2, -0.15) is 0 Å². The van der Waals surface area contributed by atoms with E-state index in [9.17, 15) is 5.11 Å². The fourth-order valence-electron chi connectivity index (χ4n) is 2.01. The maximum absolute atomic E-state index is 10.2. The topological polar surface area (TPSA) is 20.2 Å². The summed E-state index contributed by atoms with van der Waals surface area (Å²) in [4.78, 5) is 0.897. The van der Waals surface area contributed by atoms with Crippen molar-refractivity contribution in [3.63, 3.8) is 0 Å². The van der Waals surface area contributed by atoms with Crippen molar-refractivity contribution >= 4 is 22.9 Å². The molecule has 1 heterocycles. The molecule has 0 radical (unpaired) electrons. The summed E-state index contributed by atoms with van der Waals surface area (Å²) in [6, 6.07) is 12.0. The van der Waals surface area contributed by atoms with Gasteiger partial charge in [-0.05, 0) is 42.0 Å². The van der Waals surface area contributed by atoms with Gasteiger partial charge in [-0.1, -0.05) is 35.9 Å². The smallest absolute Gasteiger partial charge is 0.113 e. The zero-order valence-corrected chi connectivity index (χ0v) is 10.8. The second-order valence-electron chi connectivity index (χ2n) is 4.49. The monoisotopic (exact) mass is 264 g/mol. The van der Waals surface area contributed by atoms with Crippen molar-refractivity contribution in [2.24, 2.45) is 0 Å². The van der Waals surface area contributed by atoms with Gasteiger partial charge >= 0.3 is 0 Å². The number of rotatable bonds is 3. The lowest BCUT2D eigenvalue weighted by molar-refractivity contribution is 0.224. The molecular weight excluding hydrogens is 252 g/mol. The van der Waals surface area contributed by atoms with Gasteiger partial charge in [-0.3, -0.25) is 0 Å². The van der Waals surface area contributed by atoms with Gasteiger partial charge in [-0.25, -0.2) is 0 Å². The van der Waals surface area contributed by atoms with E-state index in [-0.39, 0.29) is 0 Å². The zero-order chi connectivity index (χ0) is 11.8. The third-order valence-electron chi connectivity index (χ3n) is 3.16. The number of benzene rings is 1. The molecule has 1 atom stereocenters. The van der Waals surface area contributed by atoms with E-state index in [1.165, 1.54) is 29.7 Å². The highest BCUT2D eigenvalue weighted by Gasteiger charge is 2.23. The van der Waals surface area contributed by atoms with Crippen LogP contribution in [-0.2, 0) is 0 Å². The van der Waals surface area contributed by atoms with Gasteiger partial charge in [0, 0.05) is 4.88 Å². The molecule has 1 saturated carbocycles. The summed E-state index contributed by atoms with van der Waals surface area (Å²) < 4.78 is 0.716. The van der Waals surface area contributed by atoms with E-state index in [0.29, 0.717) is 4.34 Å². The van der Waals surface area contributed by atoms with Crippen molar-refractivity contribution in [3.05, 3.63) is 56.7 Å². The Morgan fingerprint density at radius 2 is 1.82 bits per heavy atom. The molecule has 0 amide bonds. The lowest BCUT2D eigenvalue weighted by Crippen LogP contribution is -1.96. The van der Waals surface area contributed by atoms with E-state index in [1.807, 2.05) is 24.3 Å². The Morgan fingerprint density at radius 1 is 1.12 bits per heavy atom. The van der Waals surface area contributed by atoms with E-state index in [1.54, 1.807) is 0 Å². The second-order valence-corrected chi connectivity index (χ2v) is 6.23. The number of hydrogen-bond acceptors (Lipinski definition) is 2. The average Bonchev–Trinajstić information content (AvgIpc) is 3.11. The van der Waals surface area contributed by atoms with Crippen molar-refractivity contribution < 1.29 is 5.11 Å². The van der Waals surface area contributed by atoms with Crippen LogP contribution in [0.1, 0.15) is 40.9 Å². The second kappa shape index (κ2) is 4.45. The first-order chi connectivity index (χ1) is 8.24. The molecule has 1 unspecified atom stereocenters. The lowest BCUT2D eigenvalue weighted by atomic mass is 10.0. The average molecular weight is 265 g/mol. The fourth-order valence-corrected chi connectivity index (χ4v) is 3.08. The number of hydrogen-bond donors (Lipinski definition) is 1. The molecule has 1 aliphatic rings. The number of aliphatic hydroxyl groups excluding tert-OH is 1. The van der Waals surface area contributed by atoms with Crippen LogP contribution < -0.4 is 0 Å². The van der Waals surface area contributed by atoms with E-state index in [0.717, 1.165) is 16.4 Å². The first-order valence-corrected chi connectivity index (χ1v) is 6.96. The molecular formula is C14H13ClOS. The first kappa shape index (κ1) is 11.3. The van der Waals surface area contributed by atoms with Crippen LogP contribution in [0.5, 0.6) is 0 Å². The van der Waals surface area contributed by atoms with Gasteiger partial charge in [0.15, 0.2) is 0 Å². The van der Waals surface area contributed by atoms with Crippen LogP contribution >= 0.6 is 22.9 Å². The molecule has 17 heavy (non-hydrogen) atoms. The maximum Gasteiger partial charge on any atom is 0.113 e. The Balaban J connectivity index is 1.83. The van der Waals surface area contributed by atoms with E-state index in [2.05, 4.69) is 12.1 Å². The van der Waals surface area contributed by atoms with Gasteiger partial charge in [0.25, 0.3) is 0 Å². The predicted molar refractivity (Wildman–Crippen MR) is 71.8 cm³/mol. The van der Waals surface area contributed by atoms with Crippen molar-refractivity contribution in [3.8, 4) is 0 Å². The molecule has 3 heteroatoms. The first-order valence-electron chi connectivity index (χ1n) is 5.77. The Kier molecular flexibility index (Phi) is 2.95. The third kappa shape index (κ3) is 2.39. The van der Waals surface area contributed by atoms with E-state index >= 15 is 0 Å². The molecule has 1 fully saturated rings. The van der Waals surface area contributed by atoms with Crippen molar-refractivity contribution in [1.29, 1.82) is 0 Å². The van der Waals surface area contributed by atoms with Gasteiger partial charge in [0.05, 0.1) is 4.34 Å². The quantitative estimate of drug-likeness (QED) is 0.873. The Hall–Kier alpha value is -0.830.